The molecule has 1 heterocycles. The van der Waals surface area contributed by atoms with Gasteiger partial charge >= 0.3 is 0 Å². The Hall–Kier alpha value is 0.160. The summed E-state index contributed by atoms with van der Waals surface area (Å²) in [6, 6.07) is 0. The van der Waals surface area contributed by atoms with E-state index < -0.39 is 15.4 Å². The van der Waals surface area contributed by atoms with Crippen molar-refractivity contribution in [3.8, 4) is 0 Å². The second-order valence-electron chi connectivity index (χ2n) is 2.46. The van der Waals surface area contributed by atoms with E-state index in [2.05, 4.69) is 0 Å². The quantitative estimate of drug-likeness (QED) is 0.525. The van der Waals surface area contributed by atoms with Crippen molar-refractivity contribution in [1.29, 1.82) is 0 Å². The summed E-state index contributed by atoms with van der Waals surface area (Å²) in [5.41, 5.74) is 3.96. The van der Waals surface area contributed by atoms with Gasteiger partial charge in [0.1, 0.15) is 5.60 Å². The molecule has 1 rings (SSSR count). The highest BCUT2D eigenvalue weighted by Crippen LogP contribution is 2.21. The van der Waals surface area contributed by atoms with Gasteiger partial charge in [0.2, 0.25) is 0 Å². The van der Waals surface area contributed by atoms with E-state index in [1.165, 1.54) is 0 Å². The Labute approximate surface area is 65.7 Å². The summed E-state index contributed by atoms with van der Waals surface area (Å²) in [4.78, 5) is 0. The fourth-order valence-corrected chi connectivity index (χ4v) is 2.68. The Bertz CT molecular complexity index is 201. The average molecular weight is 188 g/mol. The molecule has 0 amide bonds. The maximum absolute atomic E-state index is 10.4. The molecule has 10 heavy (non-hydrogen) atoms. The van der Waals surface area contributed by atoms with Crippen LogP contribution in [0.2, 0.25) is 0 Å². The van der Waals surface area contributed by atoms with Crippen LogP contribution in [0.25, 0.3) is 0 Å². The van der Waals surface area contributed by atoms with Gasteiger partial charge in [-0.05, 0) is 0 Å². The minimum atomic E-state index is -2.93. The summed E-state index contributed by atoms with van der Waals surface area (Å²) >= 11 is 0. The molecule has 1 saturated heterocycles. The van der Waals surface area contributed by atoms with E-state index in [9.17, 15) is 8.42 Å². The SMILES string of the molecule is Cl.NCC1(O)CS(=O)(=O)C1. The first kappa shape index (κ1) is 10.2. The highest BCUT2D eigenvalue weighted by atomic mass is 35.5. The van der Waals surface area contributed by atoms with Gasteiger partial charge in [-0.1, -0.05) is 0 Å². The molecule has 1 fully saturated rings. The Morgan fingerprint density at radius 2 is 1.90 bits per heavy atom. The Morgan fingerprint density at radius 1 is 1.50 bits per heavy atom. The molecule has 6 heteroatoms. The predicted molar refractivity (Wildman–Crippen MR) is 39.9 cm³/mol. The van der Waals surface area contributed by atoms with Crippen molar-refractivity contribution >= 4 is 22.2 Å². The number of nitrogens with two attached hydrogens (primary N) is 1. The van der Waals surface area contributed by atoms with Crippen molar-refractivity contribution in [2.24, 2.45) is 5.73 Å². The van der Waals surface area contributed by atoms with Crippen LogP contribution < -0.4 is 5.73 Å². The zero-order valence-electron chi connectivity index (χ0n) is 5.28. The number of aliphatic hydroxyl groups is 1. The second kappa shape index (κ2) is 2.65. The second-order valence-corrected chi connectivity index (χ2v) is 4.53. The van der Waals surface area contributed by atoms with E-state index in [0.717, 1.165) is 0 Å². The molecule has 0 aromatic rings. The van der Waals surface area contributed by atoms with Gasteiger partial charge in [-0.15, -0.1) is 12.4 Å². The maximum Gasteiger partial charge on any atom is 0.156 e. The molecule has 3 N–H and O–H groups in total. The minimum Gasteiger partial charge on any atom is -0.386 e. The highest BCUT2D eigenvalue weighted by molar-refractivity contribution is 7.93. The van der Waals surface area contributed by atoms with Gasteiger partial charge in [-0.3, -0.25) is 0 Å². The van der Waals surface area contributed by atoms with E-state index in [0.29, 0.717) is 0 Å². The van der Waals surface area contributed by atoms with Crippen molar-refractivity contribution in [1.82, 2.24) is 0 Å². The smallest absolute Gasteiger partial charge is 0.156 e. The van der Waals surface area contributed by atoms with Crippen molar-refractivity contribution in [2.75, 3.05) is 18.1 Å². The summed E-state index contributed by atoms with van der Waals surface area (Å²) in [7, 11) is -2.93. The van der Waals surface area contributed by atoms with Crippen LogP contribution in [-0.4, -0.2) is 37.2 Å². The third-order valence-corrected chi connectivity index (χ3v) is 3.31. The van der Waals surface area contributed by atoms with E-state index in [-0.39, 0.29) is 30.5 Å². The summed E-state index contributed by atoms with van der Waals surface area (Å²) in [5, 5.41) is 9.05. The van der Waals surface area contributed by atoms with Crippen LogP contribution in [0.15, 0.2) is 0 Å². The van der Waals surface area contributed by atoms with Gasteiger partial charge in [-0.2, -0.15) is 0 Å². The molecule has 0 aromatic carbocycles. The molecule has 62 valence electrons. The van der Waals surface area contributed by atoms with Crippen LogP contribution in [0.5, 0.6) is 0 Å². The maximum atomic E-state index is 10.4. The van der Waals surface area contributed by atoms with Gasteiger partial charge in [-0.25, -0.2) is 8.42 Å². The molecule has 0 radical (unpaired) electrons. The molecular weight excluding hydrogens is 178 g/mol. The first-order chi connectivity index (χ1) is 3.97. The zero-order valence-corrected chi connectivity index (χ0v) is 6.91. The average Bonchev–Trinajstić information content (AvgIpc) is 1.61. The van der Waals surface area contributed by atoms with Crippen LogP contribution in [0, 0.1) is 0 Å². The first-order valence-electron chi connectivity index (χ1n) is 2.60. The molecule has 0 aliphatic carbocycles. The number of halogens is 1. The standard InChI is InChI=1S/C4H9NO3S.ClH/c5-1-4(6)2-9(7,8)3-4;/h6H,1-3,5H2;1H. The Morgan fingerprint density at radius 3 is 2.00 bits per heavy atom. The monoisotopic (exact) mass is 187 g/mol. The summed E-state index contributed by atoms with van der Waals surface area (Å²) < 4.78 is 20.9. The molecule has 1 aliphatic rings. The number of rotatable bonds is 1. The molecule has 0 aromatic heterocycles. The largest absolute Gasteiger partial charge is 0.386 e. The van der Waals surface area contributed by atoms with Crippen molar-refractivity contribution in [2.45, 2.75) is 5.60 Å². The van der Waals surface area contributed by atoms with Crippen molar-refractivity contribution in [3.63, 3.8) is 0 Å². The molecule has 1 aliphatic heterocycles. The fourth-order valence-electron chi connectivity index (χ4n) is 0.894. The lowest BCUT2D eigenvalue weighted by Crippen LogP contribution is -2.59. The predicted octanol–water partition coefficient (Wildman–Crippen LogP) is -1.47. The molecule has 0 atom stereocenters. The van der Waals surface area contributed by atoms with Crippen LogP contribution in [0.1, 0.15) is 0 Å². The fraction of sp³-hybridized carbons (Fsp3) is 1.00. The lowest BCUT2D eigenvalue weighted by molar-refractivity contribution is 0.0806. The molecular formula is C4H10ClNO3S. The number of hydrogen-bond acceptors (Lipinski definition) is 4. The first-order valence-corrected chi connectivity index (χ1v) is 4.42. The topological polar surface area (TPSA) is 80.4 Å². The van der Waals surface area contributed by atoms with Crippen LogP contribution >= 0.6 is 12.4 Å². The molecule has 0 unspecified atom stereocenters. The Balaban J connectivity index is 0.000000810. The number of sulfone groups is 1. The summed E-state index contributed by atoms with van der Waals surface area (Å²) in [5.74, 6) is -0.340. The van der Waals surface area contributed by atoms with Gasteiger partial charge in [0.25, 0.3) is 0 Å². The van der Waals surface area contributed by atoms with Crippen LogP contribution in [-0.2, 0) is 9.84 Å². The normalized spacial score (nSPS) is 26.2. The van der Waals surface area contributed by atoms with E-state index in [1.54, 1.807) is 0 Å². The van der Waals surface area contributed by atoms with E-state index in [4.69, 9.17) is 10.8 Å². The summed E-state index contributed by atoms with van der Waals surface area (Å²) in [6.07, 6.45) is 0. The van der Waals surface area contributed by atoms with Gasteiger partial charge in [0, 0.05) is 6.54 Å². The summed E-state index contributed by atoms with van der Waals surface area (Å²) in [6.45, 7) is 0.0340. The molecule has 0 spiro atoms. The highest BCUT2D eigenvalue weighted by Gasteiger charge is 2.45. The van der Waals surface area contributed by atoms with Gasteiger partial charge < -0.3 is 10.8 Å². The minimum absolute atomic E-state index is 0. The third-order valence-electron chi connectivity index (χ3n) is 1.36. The van der Waals surface area contributed by atoms with Crippen molar-refractivity contribution < 1.29 is 13.5 Å². The van der Waals surface area contributed by atoms with Crippen LogP contribution in [0.3, 0.4) is 0 Å². The molecule has 0 saturated carbocycles. The molecule has 4 nitrogen and oxygen atoms in total. The zero-order chi connectivity index (χ0) is 7.12. The van der Waals surface area contributed by atoms with Gasteiger partial charge in [0.05, 0.1) is 11.5 Å². The lowest BCUT2D eigenvalue weighted by Gasteiger charge is -2.34. The Kier molecular flexibility index (Phi) is 2.70. The van der Waals surface area contributed by atoms with Crippen LogP contribution in [0.4, 0.5) is 0 Å². The third kappa shape index (κ3) is 1.82. The molecule has 0 bridgehead atoms. The number of hydrogen-bond donors (Lipinski definition) is 2. The van der Waals surface area contributed by atoms with E-state index >= 15 is 0 Å². The van der Waals surface area contributed by atoms with Gasteiger partial charge in [0.15, 0.2) is 9.84 Å². The van der Waals surface area contributed by atoms with E-state index in [1.807, 2.05) is 0 Å². The lowest BCUT2D eigenvalue weighted by atomic mass is 10.1. The van der Waals surface area contributed by atoms with Crippen molar-refractivity contribution in [3.05, 3.63) is 0 Å².